The minimum atomic E-state index is -3.13. The van der Waals surface area contributed by atoms with E-state index in [1.165, 1.54) is 0 Å². The summed E-state index contributed by atoms with van der Waals surface area (Å²) < 4.78 is 23.5. The van der Waals surface area contributed by atoms with E-state index in [0.717, 1.165) is 17.8 Å². The smallest absolute Gasteiger partial charge is 0.178 e. The van der Waals surface area contributed by atoms with Gasteiger partial charge in [0.15, 0.2) is 9.84 Å². The summed E-state index contributed by atoms with van der Waals surface area (Å²) in [6.45, 7) is 2.38. The van der Waals surface area contributed by atoms with E-state index in [0.29, 0.717) is 4.90 Å². The van der Waals surface area contributed by atoms with Crippen LogP contribution in [0.5, 0.6) is 0 Å². The second-order valence-corrected chi connectivity index (χ2v) is 6.89. The second kappa shape index (κ2) is 6.05. The molecule has 0 saturated carbocycles. The van der Waals surface area contributed by atoms with Gasteiger partial charge in [-0.2, -0.15) is 0 Å². The predicted octanol–water partition coefficient (Wildman–Crippen LogP) is 2.51. The zero-order valence-corrected chi connectivity index (χ0v) is 12.5. The molecule has 0 spiro atoms. The van der Waals surface area contributed by atoms with Crippen molar-refractivity contribution in [2.75, 3.05) is 17.7 Å². The number of sulfone groups is 1. The Labute approximate surface area is 120 Å². The maximum atomic E-state index is 11.8. The number of nitrogens with zero attached hydrogens (tertiary/aromatic N) is 2. The number of aromatic nitrogens is 1. The first-order valence-electron chi connectivity index (χ1n) is 6.46. The molecule has 0 unspecified atom stereocenters. The highest BCUT2D eigenvalue weighted by molar-refractivity contribution is 7.91. The van der Waals surface area contributed by atoms with Crippen LogP contribution >= 0.6 is 0 Å². The van der Waals surface area contributed by atoms with Crippen molar-refractivity contribution in [3.8, 4) is 0 Å². The van der Waals surface area contributed by atoms with Crippen molar-refractivity contribution in [1.82, 2.24) is 4.98 Å². The van der Waals surface area contributed by atoms with Crippen LogP contribution in [0.3, 0.4) is 0 Å². The van der Waals surface area contributed by atoms with Gasteiger partial charge in [-0.3, -0.25) is 4.98 Å². The summed E-state index contributed by atoms with van der Waals surface area (Å²) in [6, 6.07) is 10.9. The summed E-state index contributed by atoms with van der Waals surface area (Å²) in [7, 11) is -1.16. The number of rotatable bonds is 5. The van der Waals surface area contributed by atoms with E-state index in [4.69, 9.17) is 0 Å². The number of benzene rings is 1. The topological polar surface area (TPSA) is 50.3 Å². The molecule has 4 nitrogen and oxygen atoms in total. The highest BCUT2D eigenvalue weighted by Crippen LogP contribution is 2.19. The molecule has 0 saturated heterocycles. The SMILES string of the molecule is CCS(=O)(=O)c1ccc(N(C)Cc2cccnc2)cc1. The minimum Gasteiger partial charge on any atom is -0.370 e. The first kappa shape index (κ1) is 14.5. The monoisotopic (exact) mass is 290 g/mol. The highest BCUT2D eigenvalue weighted by atomic mass is 32.2. The molecule has 0 N–H and O–H groups in total. The molecule has 5 heteroatoms. The van der Waals surface area contributed by atoms with Gasteiger partial charge in [-0.15, -0.1) is 0 Å². The maximum absolute atomic E-state index is 11.8. The second-order valence-electron chi connectivity index (χ2n) is 4.61. The molecular weight excluding hydrogens is 272 g/mol. The molecule has 2 aromatic rings. The predicted molar refractivity (Wildman–Crippen MR) is 80.5 cm³/mol. The lowest BCUT2D eigenvalue weighted by Gasteiger charge is -2.19. The van der Waals surface area contributed by atoms with Gasteiger partial charge in [-0.1, -0.05) is 13.0 Å². The third kappa shape index (κ3) is 3.36. The first-order valence-corrected chi connectivity index (χ1v) is 8.11. The molecule has 0 bridgehead atoms. The van der Waals surface area contributed by atoms with Gasteiger partial charge >= 0.3 is 0 Å². The number of anilines is 1. The normalized spacial score (nSPS) is 11.3. The third-order valence-electron chi connectivity index (χ3n) is 3.16. The van der Waals surface area contributed by atoms with Crippen LogP contribution in [0.4, 0.5) is 5.69 Å². The van der Waals surface area contributed by atoms with Gasteiger partial charge in [-0.25, -0.2) is 8.42 Å². The van der Waals surface area contributed by atoms with Gasteiger partial charge in [-0.05, 0) is 35.9 Å². The van der Waals surface area contributed by atoms with Crippen LogP contribution in [-0.2, 0) is 16.4 Å². The average molecular weight is 290 g/mol. The average Bonchev–Trinajstić information content (AvgIpc) is 2.48. The van der Waals surface area contributed by atoms with Gasteiger partial charge < -0.3 is 4.90 Å². The van der Waals surface area contributed by atoms with E-state index in [2.05, 4.69) is 9.88 Å². The molecule has 0 atom stereocenters. The van der Waals surface area contributed by atoms with Crippen molar-refractivity contribution in [1.29, 1.82) is 0 Å². The summed E-state index contributed by atoms with van der Waals surface area (Å²) in [4.78, 5) is 6.51. The highest BCUT2D eigenvalue weighted by Gasteiger charge is 2.11. The summed E-state index contributed by atoms with van der Waals surface area (Å²) in [5.74, 6) is 0.123. The number of pyridine rings is 1. The Kier molecular flexibility index (Phi) is 4.39. The van der Waals surface area contributed by atoms with Gasteiger partial charge in [0.25, 0.3) is 0 Å². The van der Waals surface area contributed by atoms with Crippen molar-refractivity contribution >= 4 is 15.5 Å². The molecule has 0 aliphatic heterocycles. The molecule has 20 heavy (non-hydrogen) atoms. The van der Waals surface area contributed by atoms with Crippen LogP contribution < -0.4 is 4.90 Å². The number of hydrogen-bond donors (Lipinski definition) is 0. The van der Waals surface area contributed by atoms with Gasteiger partial charge in [0.2, 0.25) is 0 Å². The zero-order chi connectivity index (χ0) is 14.6. The molecule has 0 aliphatic rings. The number of hydrogen-bond acceptors (Lipinski definition) is 4. The van der Waals surface area contributed by atoms with E-state index in [9.17, 15) is 8.42 Å². The largest absolute Gasteiger partial charge is 0.370 e. The van der Waals surface area contributed by atoms with Crippen LogP contribution in [0.25, 0.3) is 0 Å². The van der Waals surface area contributed by atoms with Crippen LogP contribution in [0.15, 0.2) is 53.7 Å². The molecule has 1 aromatic carbocycles. The van der Waals surface area contributed by atoms with E-state index in [1.54, 1.807) is 25.3 Å². The van der Waals surface area contributed by atoms with Crippen molar-refractivity contribution < 1.29 is 8.42 Å². The summed E-state index contributed by atoms with van der Waals surface area (Å²) >= 11 is 0. The summed E-state index contributed by atoms with van der Waals surface area (Å²) in [5, 5.41) is 0. The molecule has 1 aromatic heterocycles. The van der Waals surface area contributed by atoms with Crippen molar-refractivity contribution in [3.63, 3.8) is 0 Å². The Balaban J connectivity index is 2.14. The van der Waals surface area contributed by atoms with Gasteiger partial charge in [0, 0.05) is 31.7 Å². The van der Waals surface area contributed by atoms with E-state index in [-0.39, 0.29) is 5.75 Å². The van der Waals surface area contributed by atoms with Crippen LogP contribution in [0, 0.1) is 0 Å². The Morgan fingerprint density at radius 1 is 1.15 bits per heavy atom. The zero-order valence-electron chi connectivity index (χ0n) is 11.7. The molecule has 106 valence electrons. The fourth-order valence-corrected chi connectivity index (χ4v) is 2.82. The first-order chi connectivity index (χ1) is 9.53. The van der Waals surface area contributed by atoms with Gasteiger partial charge in [0.05, 0.1) is 10.6 Å². The summed E-state index contributed by atoms with van der Waals surface area (Å²) in [6.07, 6.45) is 3.57. The van der Waals surface area contributed by atoms with Crippen molar-refractivity contribution in [2.45, 2.75) is 18.4 Å². The molecule has 0 amide bonds. The van der Waals surface area contributed by atoms with E-state index in [1.807, 2.05) is 37.5 Å². The Morgan fingerprint density at radius 2 is 1.85 bits per heavy atom. The van der Waals surface area contributed by atoms with Gasteiger partial charge in [0.1, 0.15) is 0 Å². The van der Waals surface area contributed by atoms with Crippen molar-refractivity contribution in [2.24, 2.45) is 0 Å². The lowest BCUT2D eigenvalue weighted by atomic mass is 10.2. The molecule has 0 fully saturated rings. The van der Waals surface area contributed by atoms with Crippen LogP contribution in [0.2, 0.25) is 0 Å². The van der Waals surface area contributed by atoms with Crippen LogP contribution in [-0.4, -0.2) is 26.2 Å². The standard InChI is InChI=1S/C15H18N2O2S/c1-3-20(18,19)15-8-6-14(7-9-15)17(2)12-13-5-4-10-16-11-13/h4-11H,3,12H2,1-2H3. The minimum absolute atomic E-state index is 0.123. The Hall–Kier alpha value is -1.88. The maximum Gasteiger partial charge on any atom is 0.178 e. The Morgan fingerprint density at radius 3 is 2.40 bits per heavy atom. The van der Waals surface area contributed by atoms with Crippen molar-refractivity contribution in [3.05, 3.63) is 54.4 Å². The molecular formula is C15H18N2O2S. The third-order valence-corrected chi connectivity index (χ3v) is 4.91. The van der Waals surface area contributed by atoms with E-state index < -0.39 is 9.84 Å². The molecule has 1 heterocycles. The summed E-state index contributed by atoms with van der Waals surface area (Å²) in [5.41, 5.74) is 2.09. The fourth-order valence-electron chi connectivity index (χ4n) is 1.93. The van der Waals surface area contributed by atoms with E-state index >= 15 is 0 Å². The molecule has 0 aliphatic carbocycles. The quantitative estimate of drug-likeness (QED) is 0.849. The lowest BCUT2D eigenvalue weighted by molar-refractivity contribution is 0.597. The van der Waals surface area contributed by atoms with Crippen LogP contribution in [0.1, 0.15) is 12.5 Å². The molecule has 0 radical (unpaired) electrons. The lowest BCUT2D eigenvalue weighted by Crippen LogP contribution is -2.16. The Bertz CT molecular complexity index is 652. The molecule has 2 rings (SSSR count). The fraction of sp³-hybridized carbons (Fsp3) is 0.267.